The predicted octanol–water partition coefficient (Wildman–Crippen LogP) is 13.0. The topological polar surface area (TPSA) is 192 Å². The molecular weight excluding hydrogens is 1050 g/mol. The van der Waals surface area contributed by atoms with Crippen molar-refractivity contribution in [3.05, 3.63) is 76.7 Å². The number of aromatic amines is 3. The summed E-state index contributed by atoms with van der Waals surface area (Å²) in [5.74, 6) is 1.23. The standard InChI is InChI=1S/C20H23N5O.C11H12BrN3O.C11H12N3O.3C4H9.Sn/c1-20(2,3)18(26)13-11-21-19-17(13)24-15(12-22-19)14-7-6-8-16(23-14)25-9-4-5-10-25;1-11(2,3)9(16)6-4-13-10-8(6)15-7(12)5-14-10;1-11(2,3)9(15)7-6-14-10-8(7)12-4-5-13-10;3*1-3-4-2;/h6-8,11-12H,4-5,9-10H2,1-3H3,(H,21,22);4-5H,1-3H3,(H,13,14);5-6H,1-3H3,(H,13,14);3*1,3-4H2,2H3;. The van der Waals surface area contributed by atoms with E-state index in [0.717, 1.165) is 35.8 Å². The van der Waals surface area contributed by atoms with Crippen molar-refractivity contribution in [2.45, 2.75) is 148 Å². The van der Waals surface area contributed by atoms with E-state index >= 15 is 0 Å². The Hall–Kier alpha value is -4.90. The molecule has 1 fully saturated rings. The number of hydrogen-bond acceptors (Lipinski definition) is 11. The van der Waals surface area contributed by atoms with Gasteiger partial charge in [-0.3, -0.25) is 9.59 Å². The molecule has 0 atom stereocenters. The summed E-state index contributed by atoms with van der Waals surface area (Å²) in [6, 6.07) is 5.97. The molecule has 0 bridgehead atoms. The van der Waals surface area contributed by atoms with Crippen LogP contribution in [0.15, 0.2) is 60.0 Å². The van der Waals surface area contributed by atoms with Crippen molar-refractivity contribution in [3.63, 3.8) is 0 Å². The fourth-order valence-corrected chi connectivity index (χ4v) is 24.2. The van der Waals surface area contributed by atoms with Crippen molar-refractivity contribution in [2.24, 2.45) is 16.2 Å². The van der Waals surface area contributed by atoms with Gasteiger partial charge in [0.2, 0.25) is 0 Å². The maximum atomic E-state index is 12.9. The van der Waals surface area contributed by atoms with E-state index in [1.807, 2.05) is 86.7 Å². The molecule has 1 saturated heterocycles. The molecule has 1 aliphatic rings. The second-order valence-corrected chi connectivity index (χ2v) is 35.7. The molecule has 0 aromatic carbocycles. The minimum atomic E-state index is -2.65. The summed E-state index contributed by atoms with van der Waals surface area (Å²) in [6.07, 6.45) is 20.6. The van der Waals surface area contributed by atoms with E-state index in [2.05, 4.69) is 77.7 Å². The van der Waals surface area contributed by atoms with Gasteiger partial charge in [0.1, 0.15) is 27.1 Å². The van der Waals surface area contributed by atoms with Crippen LogP contribution in [-0.4, -0.2) is 98.7 Å². The molecule has 16 heteroatoms. The van der Waals surface area contributed by atoms with Crippen LogP contribution in [0.2, 0.25) is 13.3 Å². The van der Waals surface area contributed by atoms with Gasteiger partial charge in [-0.2, -0.15) is 0 Å². The number of hydrogen-bond donors (Lipinski definition) is 3. The van der Waals surface area contributed by atoms with Gasteiger partial charge in [0.25, 0.3) is 0 Å². The molecule has 7 aromatic heterocycles. The van der Waals surface area contributed by atoms with Gasteiger partial charge >= 0.3 is 176 Å². The quantitative estimate of drug-likeness (QED) is 0.0654. The summed E-state index contributed by atoms with van der Waals surface area (Å²) < 4.78 is 6.00. The Morgan fingerprint density at radius 1 is 0.571 bits per heavy atom. The average Bonchev–Trinajstić information content (AvgIpc) is 4.17. The predicted molar refractivity (Wildman–Crippen MR) is 290 cm³/mol. The molecule has 8 heterocycles. The Balaban J connectivity index is 0.000000178. The second kappa shape index (κ2) is 23.1. The van der Waals surface area contributed by atoms with Crippen LogP contribution in [0.3, 0.4) is 0 Å². The van der Waals surface area contributed by atoms with Gasteiger partial charge < -0.3 is 14.9 Å². The number of carbonyl (C=O) groups excluding carboxylic acids is 3. The zero-order valence-electron chi connectivity index (χ0n) is 43.6. The minimum absolute atomic E-state index is 0.0500. The summed E-state index contributed by atoms with van der Waals surface area (Å²) >= 11 is 0.603. The van der Waals surface area contributed by atoms with Gasteiger partial charge in [-0.15, -0.1) is 0 Å². The van der Waals surface area contributed by atoms with Crippen LogP contribution in [0.25, 0.3) is 44.9 Å². The number of Topliss-reactive ketones (excluding diaryl/α,β-unsaturated/α-hetero) is 3. The number of aromatic nitrogens is 10. The number of fused-ring (bicyclic) bond motifs is 3. The number of halogens is 1. The molecule has 0 spiro atoms. The van der Waals surface area contributed by atoms with E-state index in [4.69, 9.17) is 19.9 Å². The van der Waals surface area contributed by atoms with E-state index in [0.29, 0.717) is 49.3 Å². The number of nitrogens with one attached hydrogen (secondary N) is 3. The van der Waals surface area contributed by atoms with Crippen molar-refractivity contribution >= 4 is 94.7 Å². The van der Waals surface area contributed by atoms with Crippen LogP contribution in [0, 0.1) is 16.2 Å². The molecule has 1 aliphatic heterocycles. The number of carbonyl (C=O) groups is 3. The van der Waals surface area contributed by atoms with Crippen LogP contribution in [0.5, 0.6) is 0 Å². The molecule has 0 saturated carbocycles. The molecule has 0 unspecified atom stereocenters. The van der Waals surface area contributed by atoms with Crippen molar-refractivity contribution in [1.82, 2.24) is 49.8 Å². The molecule has 7 aromatic rings. The number of nitrogens with zero attached hydrogens (tertiary/aromatic N) is 8. The Morgan fingerprint density at radius 3 is 1.46 bits per heavy atom. The molecule has 0 radical (unpaired) electrons. The molecule has 374 valence electrons. The first-order chi connectivity index (χ1) is 33.1. The van der Waals surface area contributed by atoms with E-state index in [1.165, 1.54) is 68.4 Å². The van der Waals surface area contributed by atoms with Crippen molar-refractivity contribution in [1.29, 1.82) is 0 Å². The molecule has 3 N–H and O–H groups in total. The first-order valence-corrected chi connectivity index (χ1v) is 33.4. The third-order valence-electron chi connectivity index (χ3n) is 12.9. The monoisotopic (exact) mass is 1120 g/mol. The Morgan fingerprint density at radius 2 is 1.00 bits per heavy atom. The molecule has 0 aliphatic carbocycles. The fraction of sp³-hybridized carbons (Fsp3) is 0.519. The first-order valence-electron chi connectivity index (χ1n) is 25.2. The van der Waals surface area contributed by atoms with Crippen molar-refractivity contribution < 1.29 is 14.4 Å². The Labute approximate surface area is 426 Å². The number of ketones is 3. The van der Waals surface area contributed by atoms with Crippen LogP contribution in [0.1, 0.15) is 166 Å². The van der Waals surface area contributed by atoms with Gasteiger partial charge in [0, 0.05) is 36.3 Å². The molecule has 0 amide bonds. The van der Waals surface area contributed by atoms with Crippen LogP contribution in [0.4, 0.5) is 5.82 Å². The average molecular weight is 1120 g/mol. The summed E-state index contributed by atoms with van der Waals surface area (Å²) in [6.45, 7) is 26.3. The SMILES string of the molecule is CC(C)(C)C(=O)c1c[nH]c2ncc(-c3cccc(N4CCCC4)n3)nc12.CC(C)(C)C(=O)c1c[nH]c2ncc(Br)nc12.CCC[CH2][Sn]([CH2]CCC)([CH2]CCC)[c]1cnc2[nH]cc(C(=O)C(C)(C)C)c2n1. The zero-order valence-corrected chi connectivity index (χ0v) is 48.0. The summed E-state index contributed by atoms with van der Waals surface area (Å²) in [7, 11) is 0. The van der Waals surface area contributed by atoms with Gasteiger partial charge in [-0.25, -0.2) is 24.9 Å². The van der Waals surface area contributed by atoms with Crippen LogP contribution < -0.4 is 8.61 Å². The third-order valence-corrected chi connectivity index (χ3v) is 28.3. The maximum absolute atomic E-state index is 12.9. The van der Waals surface area contributed by atoms with E-state index in [-0.39, 0.29) is 17.3 Å². The molecule has 14 nitrogen and oxygen atoms in total. The zero-order chi connectivity index (χ0) is 51.0. The van der Waals surface area contributed by atoms with Gasteiger partial charge in [0.05, 0.1) is 29.2 Å². The van der Waals surface area contributed by atoms with Crippen LogP contribution >= 0.6 is 15.9 Å². The van der Waals surface area contributed by atoms with Gasteiger partial charge in [-0.1, -0.05) is 47.6 Å². The summed E-state index contributed by atoms with van der Waals surface area (Å²) in [4.78, 5) is 81.5. The summed E-state index contributed by atoms with van der Waals surface area (Å²) in [5, 5.41) is 0. The third kappa shape index (κ3) is 12.9. The van der Waals surface area contributed by atoms with E-state index in [1.54, 1.807) is 24.8 Å². The van der Waals surface area contributed by atoms with Crippen molar-refractivity contribution in [2.75, 3.05) is 18.0 Å². The molecule has 70 heavy (non-hydrogen) atoms. The molecular formula is C54H74BrN11O3Sn. The van der Waals surface area contributed by atoms with Crippen molar-refractivity contribution in [3.8, 4) is 11.4 Å². The van der Waals surface area contributed by atoms with Gasteiger partial charge in [0.15, 0.2) is 22.9 Å². The number of anilines is 1. The normalized spacial score (nSPS) is 13.4. The second-order valence-electron chi connectivity index (χ2n) is 21.8. The Kier molecular flexibility index (Phi) is 18.0. The van der Waals surface area contributed by atoms with Gasteiger partial charge in [-0.05, 0) is 40.9 Å². The first kappa shape index (κ1) is 54.4. The number of unbranched alkanes of at least 4 members (excludes halogenated alkanes) is 3. The van der Waals surface area contributed by atoms with E-state index < -0.39 is 34.6 Å². The van der Waals surface area contributed by atoms with E-state index in [9.17, 15) is 14.4 Å². The fourth-order valence-electron chi connectivity index (χ4n) is 8.76. The molecule has 8 rings (SSSR count). The summed E-state index contributed by atoms with van der Waals surface area (Å²) in [5.41, 5.74) is 6.06. The van der Waals surface area contributed by atoms with Crippen LogP contribution in [-0.2, 0) is 0 Å². The number of H-pyrrole nitrogens is 3. The number of pyridine rings is 1. The number of rotatable bonds is 15. The Bertz CT molecular complexity index is 2890.